The van der Waals surface area contributed by atoms with Crippen LogP contribution in [0.25, 0.3) is 0 Å². The van der Waals surface area contributed by atoms with Crippen LogP contribution in [0.5, 0.6) is 0 Å². The van der Waals surface area contributed by atoms with Gasteiger partial charge in [-0.15, -0.1) is 0 Å². The lowest BCUT2D eigenvalue weighted by molar-refractivity contribution is -0.137. The second-order valence-corrected chi connectivity index (χ2v) is 1.43. The van der Waals surface area contributed by atoms with Crippen LogP contribution in [0.3, 0.4) is 0 Å². The summed E-state index contributed by atoms with van der Waals surface area (Å²) in [5.41, 5.74) is 5.04. The molecule has 0 aromatic rings. The Morgan fingerprint density at radius 3 is 2.78 bits per heavy atom. The Morgan fingerprint density at radius 2 is 2.44 bits per heavy atom. The number of carboxylic acids is 1. The number of hydrogen-bond donors (Lipinski definition) is 2. The molecule has 0 bridgehead atoms. The molecule has 0 saturated carbocycles. The molecule has 0 aromatic carbocycles. The third-order valence-electron chi connectivity index (χ3n) is 0.707. The van der Waals surface area contributed by atoms with Crippen LogP contribution in [0.15, 0.2) is 12.3 Å². The highest BCUT2D eigenvalue weighted by Crippen LogP contribution is 1.81. The largest absolute Gasteiger partial charge is 0.505 e. The Balaban J connectivity index is 3.62. The highest BCUT2D eigenvalue weighted by Gasteiger charge is 2.04. The van der Waals surface area contributed by atoms with Crippen molar-refractivity contribution in [1.29, 1.82) is 0 Å². The molecule has 1 atom stereocenters. The second-order valence-electron chi connectivity index (χ2n) is 1.43. The van der Waals surface area contributed by atoms with E-state index in [9.17, 15) is 4.79 Å². The topological polar surface area (TPSA) is 72.5 Å². The van der Waals surface area contributed by atoms with Crippen LogP contribution < -0.4 is 5.73 Å². The van der Waals surface area contributed by atoms with E-state index in [2.05, 4.69) is 4.74 Å². The van der Waals surface area contributed by atoms with Gasteiger partial charge >= 0.3 is 5.97 Å². The molecule has 0 rings (SSSR count). The van der Waals surface area contributed by atoms with E-state index in [-0.39, 0.29) is 0 Å². The van der Waals surface area contributed by atoms with Crippen molar-refractivity contribution in [3.8, 4) is 0 Å². The van der Waals surface area contributed by atoms with Crippen LogP contribution >= 0.6 is 0 Å². The Labute approximate surface area is 52.9 Å². The molecule has 0 heterocycles. The molecule has 0 amide bonds. The molecule has 0 aliphatic heterocycles. The van der Waals surface area contributed by atoms with Gasteiger partial charge in [-0.25, -0.2) is 0 Å². The number of ether oxygens (including phenoxy) is 1. The van der Waals surface area contributed by atoms with Gasteiger partial charge in [0.2, 0.25) is 0 Å². The Kier molecular flexibility index (Phi) is 3.46. The quantitative estimate of drug-likeness (QED) is 0.509. The van der Waals surface area contributed by atoms with Crippen molar-refractivity contribution < 1.29 is 14.6 Å². The Hall–Kier alpha value is -1.03. The van der Waals surface area contributed by atoms with Crippen LogP contribution in [0.1, 0.15) is 0 Å². The molecular formula is C5H9NO3. The predicted molar refractivity (Wildman–Crippen MR) is 31.8 cm³/mol. The highest BCUT2D eigenvalue weighted by atomic mass is 16.5. The van der Waals surface area contributed by atoms with Gasteiger partial charge in [0.05, 0.1) is 13.4 Å². The van der Waals surface area contributed by atoms with Gasteiger partial charge in [-0.1, -0.05) is 0 Å². The van der Waals surface area contributed by atoms with Gasteiger partial charge in [0, 0.05) is 0 Å². The van der Waals surface area contributed by atoms with Crippen molar-refractivity contribution in [3.05, 3.63) is 12.3 Å². The monoisotopic (exact) mass is 131 g/mol. The number of hydrogen-bond acceptors (Lipinski definition) is 3. The number of methoxy groups -OCH3 is 1. The standard InChI is InChI=1S/C5H9NO3/c1-9-3-2-4(6)5(7)8/h2-4H,6H2,1H3,(H,7,8)/b3-2-/t4-/m0/s1. The molecule has 3 N–H and O–H groups in total. The van der Waals surface area contributed by atoms with Crippen molar-refractivity contribution in [2.45, 2.75) is 6.04 Å². The van der Waals surface area contributed by atoms with E-state index in [1.165, 1.54) is 19.4 Å². The normalized spacial score (nSPS) is 13.6. The average molecular weight is 131 g/mol. The molecule has 0 saturated heterocycles. The first kappa shape index (κ1) is 7.97. The highest BCUT2D eigenvalue weighted by molar-refractivity contribution is 5.75. The first-order valence-corrected chi connectivity index (χ1v) is 2.36. The maximum Gasteiger partial charge on any atom is 0.324 e. The van der Waals surface area contributed by atoms with Crippen LogP contribution in [0, 0.1) is 0 Å². The molecule has 0 unspecified atom stereocenters. The summed E-state index contributed by atoms with van der Waals surface area (Å²) in [6.07, 6.45) is 2.49. The summed E-state index contributed by atoms with van der Waals surface area (Å²) in [5, 5.41) is 8.18. The maximum atomic E-state index is 9.97. The zero-order valence-electron chi connectivity index (χ0n) is 5.07. The van der Waals surface area contributed by atoms with E-state index >= 15 is 0 Å². The van der Waals surface area contributed by atoms with Crippen molar-refractivity contribution in [3.63, 3.8) is 0 Å². The van der Waals surface area contributed by atoms with Crippen molar-refractivity contribution in [2.24, 2.45) is 5.73 Å². The van der Waals surface area contributed by atoms with Gasteiger partial charge in [0.25, 0.3) is 0 Å². The lowest BCUT2D eigenvalue weighted by Gasteiger charge is -1.95. The molecular weight excluding hydrogens is 122 g/mol. The molecule has 0 spiro atoms. The van der Waals surface area contributed by atoms with E-state index < -0.39 is 12.0 Å². The van der Waals surface area contributed by atoms with Gasteiger partial charge in [0.1, 0.15) is 6.04 Å². The van der Waals surface area contributed by atoms with E-state index in [1.54, 1.807) is 0 Å². The molecule has 0 aromatic heterocycles. The van der Waals surface area contributed by atoms with Gasteiger partial charge < -0.3 is 15.6 Å². The zero-order chi connectivity index (χ0) is 7.28. The molecule has 9 heavy (non-hydrogen) atoms. The van der Waals surface area contributed by atoms with Crippen LogP contribution in [-0.4, -0.2) is 24.2 Å². The van der Waals surface area contributed by atoms with Crippen LogP contribution in [0.2, 0.25) is 0 Å². The number of carbonyl (C=O) groups is 1. The van der Waals surface area contributed by atoms with Crippen molar-refractivity contribution >= 4 is 5.97 Å². The molecule has 4 nitrogen and oxygen atoms in total. The smallest absolute Gasteiger partial charge is 0.324 e. The Bertz CT molecular complexity index is 121. The van der Waals surface area contributed by atoms with Gasteiger partial charge in [0.15, 0.2) is 0 Å². The van der Waals surface area contributed by atoms with E-state index in [4.69, 9.17) is 10.8 Å². The van der Waals surface area contributed by atoms with Crippen molar-refractivity contribution in [1.82, 2.24) is 0 Å². The third-order valence-corrected chi connectivity index (χ3v) is 0.707. The summed E-state index contributed by atoms with van der Waals surface area (Å²) in [6.45, 7) is 0. The zero-order valence-corrected chi connectivity index (χ0v) is 5.07. The molecule has 4 heteroatoms. The molecule has 0 fully saturated rings. The Morgan fingerprint density at radius 1 is 1.89 bits per heavy atom. The fraction of sp³-hybridized carbons (Fsp3) is 0.400. The van der Waals surface area contributed by atoms with Gasteiger partial charge in [-0.3, -0.25) is 4.79 Å². The van der Waals surface area contributed by atoms with E-state index in [0.717, 1.165) is 0 Å². The minimum absolute atomic E-state index is 0.968. The number of aliphatic carboxylic acids is 1. The van der Waals surface area contributed by atoms with E-state index in [0.29, 0.717) is 0 Å². The van der Waals surface area contributed by atoms with Crippen LogP contribution in [-0.2, 0) is 9.53 Å². The molecule has 0 aliphatic carbocycles. The molecule has 0 radical (unpaired) electrons. The first-order valence-electron chi connectivity index (χ1n) is 2.36. The third kappa shape index (κ3) is 3.54. The molecule has 0 aliphatic rings. The fourth-order valence-electron chi connectivity index (χ4n) is 0.246. The molecule has 52 valence electrons. The maximum absolute atomic E-state index is 9.97. The summed E-state index contributed by atoms with van der Waals surface area (Å²) < 4.78 is 4.44. The van der Waals surface area contributed by atoms with Gasteiger partial charge in [-0.05, 0) is 6.08 Å². The minimum Gasteiger partial charge on any atom is -0.505 e. The number of nitrogens with two attached hydrogens (primary N) is 1. The van der Waals surface area contributed by atoms with E-state index in [1.807, 2.05) is 0 Å². The SMILES string of the molecule is CO/C=C\[C@H](N)C(=O)O. The summed E-state index contributed by atoms with van der Waals surface area (Å²) in [7, 11) is 1.42. The minimum atomic E-state index is -1.07. The summed E-state index contributed by atoms with van der Waals surface area (Å²) in [5.74, 6) is -1.07. The lowest BCUT2D eigenvalue weighted by atomic mass is 10.3. The first-order chi connectivity index (χ1) is 4.18. The predicted octanol–water partition coefficient (Wildman–Crippen LogP) is -0.442. The lowest BCUT2D eigenvalue weighted by Crippen LogP contribution is -2.27. The summed E-state index contributed by atoms with van der Waals surface area (Å²) in [4.78, 5) is 9.97. The summed E-state index contributed by atoms with van der Waals surface area (Å²) in [6, 6.07) is -0.968. The summed E-state index contributed by atoms with van der Waals surface area (Å²) >= 11 is 0. The number of rotatable bonds is 3. The number of carboxylic acid groups (broad SMARTS) is 1. The van der Waals surface area contributed by atoms with Crippen molar-refractivity contribution in [2.75, 3.05) is 7.11 Å². The average Bonchev–Trinajstić information content (AvgIpc) is 1.82. The fourth-order valence-corrected chi connectivity index (χ4v) is 0.246. The van der Waals surface area contributed by atoms with Gasteiger partial charge in [-0.2, -0.15) is 0 Å². The second kappa shape index (κ2) is 3.91. The van der Waals surface area contributed by atoms with Crippen LogP contribution in [0.4, 0.5) is 0 Å².